The highest BCUT2D eigenvalue weighted by molar-refractivity contribution is 9.10. The molecule has 0 radical (unpaired) electrons. The molecule has 28 heavy (non-hydrogen) atoms. The van der Waals surface area contributed by atoms with E-state index in [1.807, 2.05) is 29.6 Å². The summed E-state index contributed by atoms with van der Waals surface area (Å²) in [6.07, 6.45) is -3.16. The first kappa shape index (κ1) is 19.2. The number of aromatic nitrogens is 2. The van der Waals surface area contributed by atoms with Crippen molar-refractivity contribution in [3.63, 3.8) is 0 Å². The molecule has 0 aliphatic rings. The maximum Gasteiger partial charge on any atom is 0.417 e. The Hall–Kier alpha value is -2.16. The highest BCUT2D eigenvalue weighted by Crippen LogP contribution is 2.40. The molecule has 0 saturated heterocycles. The Labute approximate surface area is 175 Å². The zero-order valence-corrected chi connectivity index (χ0v) is 17.0. The average Bonchev–Trinajstić information content (AvgIpc) is 3.08. The molecule has 142 valence electrons. The van der Waals surface area contributed by atoms with Crippen molar-refractivity contribution < 1.29 is 13.2 Å². The number of benzene rings is 2. The van der Waals surface area contributed by atoms with Crippen molar-refractivity contribution in [1.29, 1.82) is 0 Å². The van der Waals surface area contributed by atoms with Crippen molar-refractivity contribution in [1.82, 2.24) is 9.97 Å². The summed E-state index contributed by atoms with van der Waals surface area (Å²) >= 11 is 10.6. The lowest BCUT2D eigenvalue weighted by Crippen LogP contribution is -2.06. The lowest BCUT2D eigenvalue weighted by atomic mass is 10.1. The molecule has 2 heterocycles. The number of halogens is 5. The van der Waals surface area contributed by atoms with Crippen LogP contribution < -0.4 is 5.32 Å². The Kier molecular flexibility index (Phi) is 5.03. The number of hydrogen-bond acceptors (Lipinski definition) is 4. The van der Waals surface area contributed by atoms with Crippen LogP contribution in [0.4, 0.5) is 24.7 Å². The lowest BCUT2D eigenvalue weighted by Gasteiger charge is -2.13. The van der Waals surface area contributed by atoms with Gasteiger partial charge in [-0.3, -0.25) is 0 Å². The molecular weight excluding hydrogens is 475 g/mol. The predicted molar refractivity (Wildman–Crippen MR) is 110 cm³/mol. The second kappa shape index (κ2) is 7.35. The summed E-state index contributed by atoms with van der Waals surface area (Å²) in [6, 6.07) is 11.4. The van der Waals surface area contributed by atoms with Crippen molar-refractivity contribution in [2.24, 2.45) is 0 Å². The molecule has 0 bridgehead atoms. The molecule has 0 fully saturated rings. The van der Waals surface area contributed by atoms with Gasteiger partial charge in [-0.15, -0.1) is 11.3 Å². The van der Waals surface area contributed by atoms with E-state index in [2.05, 4.69) is 31.2 Å². The fourth-order valence-electron chi connectivity index (χ4n) is 2.77. The molecule has 9 heteroatoms. The maximum atomic E-state index is 13.1. The van der Waals surface area contributed by atoms with Gasteiger partial charge in [0.05, 0.1) is 16.0 Å². The summed E-state index contributed by atoms with van der Waals surface area (Å²) in [4.78, 5) is 9.27. The first-order valence-corrected chi connectivity index (χ1v) is 10.00. The van der Waals surface area contributed by atoms with Crippen LogP contribution in [0.3, 0.4) is 0 Å². The molecule has 0 atom stereocenters. The van der Waals surface area contributed by atoms with Crippen LogP contribution in [-0.2, 0) is 6.18 Å². The van der Waals surface area contributed by atoms with E-state index in [9.17, 15) is 13.2 Å². The third kappa shape index (κ3) is 3.72. The van der Waals surface area contributed by atoms with Gasteiger partial charge in [0, 0.05) is 21.1 Å². The molecule has 2 aromatic heterocycles. The van der Waals surface area contributed by atoms with Gasteiger partial charge in [-0.25, -0.2) is 9.97 Å². The van der Waals surface area contributed by atoms with Crippen molar-refractivity contribution in [2.75, 3.05) is 5.32 Å². The van der Waals surface area contributed by atoms with Crippen molar-refractivity contribution in [3.8, 4) is 11.1 Å². The van der Waals surface area contributed by atoms with Gasteiger partial charge in [0.25, 0.3) is 0 Å². The fraction of sp³-hybridized carbons (Fsp3) is 0.0526. The normalized spacial score (nSPS) is 11.8. The Morgan fingerprint density at radius 2 is 1.79 bits per heavy atom. The van der Waals surface area contributed by atoms with Gasteiger partial charge in [0.15, 0.2) is 0 Å². The number of nitrogens with one attached hydrogen (secondary N) is 1. The lowest BCUT2D eigenvalue weighted by molar-refractivity contribution is -0.137. The van der Waals surface area contributed by atoms with Gasteiger partial charge >= 0.3 is 6.18 Å². The summed E-state index contributed by atoms with van der Waals surface area (Å²) in [5, 5.41) is 5.34. The summed E-state index contributed by atoms with van der Waals surface area (Å²) in [5.74, 6) is 0.430. The highest BCUT2D eigenvalue weighted by atomic mass is 79.9. The smallest absolute Gasteiger partial charge is 0.340 e. The Morgan fingerprint density at radius 3 is 2.50 bits per heavy atom. The van der Waals surface area contributed by atoms with E-state index < -0.39 is 11.7 Å². The third-order valence-corrected chi connectivity index (χ3v) is 5.80. The maximum absolute atomic E-state index is 13.1. The molecular formula is C19H10BrClF3N3S. The van der Waals surface area contributed by atoms with Gasteiger partial charge in [-0.1, -0.05) is 39.7 Å². The SMILES string of the molecule is FC(F)(F)c1cc(Nc2ncnc3scc(-c4ccc(Br)cc4)c23)ccc1Cl. The largest absolute Gasteiger partial charge is 0.417 e. The molecule has 4 aromatic rings. The number of hydrogen-bond donors (Lipinski definition) is 1. The molecule has 0 spiro atoms. The second-order valence-corrected chi connectivity index (χ2v) is 8.06. The first-order chi connectivity index (χ1) is 13.3. The van der Waals surface area contributed by atoms with Crippen LogP contribution in [0, 0.1) is 0 Å². The average molecular weight is 485 g/mol. The standard InChI is InChI=1S/C19H10BrClF3N3S/c20-11-3-1-10(2-4-11)13-8-28-18-16(13)17(25-9-26-18)27-12-5-6-15(21)14(7-12)19(22,23)24/h1-9H,(H,25,26,27). The Balaban J connectivity index is 1.80. The molecule has 4 rings (SSSR count). The fourth-order valence-corrected chi connectivity index (χ4v) is 4.17. The molecule has 0 unspecified atom stereocenters. The number of anilines is 2. The summed E-state index contributed by atoms with van der Waals surface area (Å²) in [6.45, 7) is 0. The molecule has 1 N–H and O–H groups in total. The van der Waals surface area contributed by atoms with Crippen LogP contribution in [-0.4, -0.2) is 9.97 Å². The third-order valence-electron chi connectivity index (χ3n) is 4.06. The minimum absolute atomic E-state index is 0.240. The van der Waals surface area contributed by atoms with E-state index >= 15 is 0 Å². The summed E-state index contributed by atoms with van der Waals surface area (Å²) < 4.78 is 40.4. The van der Waals surface area contributed by atoms with Gasteiger partial charge in [0.2, 0.25) is 0 Å². The van der Waals surface area contributed by atoms with Crippen LogP contribution in [0.2, 0.25) is 5.02 Å². The van der Waals surface area contributed by atoms with Gasteiger partial charge in [0.1, 0.15) is 17.0 Å². The van der Waals surface area contributed by atoms with Crippen molar-refractivity contribution in [3.05, 3.63) is 69.2 Å². The number of thiophene rings is 1. The predicted octanol–water partition coefficient (Wildman–Crippen LogP) is 7.54. The number of fused-ring (bicyclic) bond motifs is 1. The van der Waals surface area contributed by atoms with E-state index in [-0.39, 0.29) is 10.7 Å². The van der Waals surface area contributed by atoms with E-state index in [1.54, 1.807) is 0 Å². The van der Waals surface area contributed by atoms with Crippen LogP contribution in [0.5, 0.6) is 0 Å². The monoisotopic (exact) mass is 483 g/mol. The van der Waals surface area contributed by atoms with Crippen LogP contribution in [0.25, 0.3) is 21.3 Å². The Bertz CT molecular complexity index is 1160. The molecule has 0 aliphatic carbocycles. The topological polar surface area (TPSA) is 37.8 Å². The van der Waals surface area contributed by atoms with Gasteiger partial charge in [-0.2, -0.15) is 13.2 Å². The number of nitrogens with zero attached hydrogens (tertiary/aromatic N) is 2. The van der Waals surface area contributed by atoms with Crippen LogP contribution >= 0.6 is 38.9 Å². The zero-order chi connectivity index (χ0) is 19.9. The quantitative estimate of drug-likeness (QED) is 0.326. The van der Waals surface area contributed by atoms with Crippen molar-refractivity contribution >= 4 is 60.6 Å². The molecule has 3 nitrogen and oxygen atoms in total. The zero-order valence-electron chi connectivity index (χ0n) is 13.9. The number of alkyl halides is 3. The van der Waals surface area contributed by atoms with Gasteiger partial charge < -0.3 is 5.32 Å². The minimum atomic E-state index is -4.54. The minimum Gasteiger partial charge on any atom is -0.340 e. The van der Waals surface area contributed by atoms with Gasteiger partial charge in [-0.05, 0) is 35.9 Å². The highest BCUT2D eigenvalue weighted by Gasteiger charge is 2.33. The van der Waals surface area contributed by atoms with Crippen LogP contribution in [0.15, 0.2) is 58.6 Å². The Morgan fingerprint density at radius 1 is 1.04 bits per heavy atom. The number of rotatable bonds is 3. The van der Waals surface area contributed by atoms with E-state index in [0.717, 1.165) is 31.9 Å². The molecule has 2 aromatic carbocycles. The van der Waals surface area contributed by atoms with E-state index in [4.69, 9.17) is 11.6 Å². The molecule has 0 amide bonds. The van der Waals surface area contributed by atoms with Crippen LogP contribution in [0.1, 0.15) is 5.56 Å². The first-order valence-electron chi connectivity index (χ1n) is 7.95. The summed E-state index contributed by atoms with van der Waals surface area (Å²) in [7, 11) is 0. The van der Waals surface area contributed by atoms with Crippen molar-refractivity contribution in [2.45, 2.75) is 6.18 Å². The van der Waals surface area contributed by atoms with E-state index in [1.165, 1.54) is 29.8 Å². The van der Waals surface area contributed by atoms with E-state index in [0.29, 0.717) is 5.82 Å². The second-order valence-electron chi connectivity index (χ2n) is 5.88. The molecule has 0 aliphatic heterocycles. The molecule has 0 saturated carbocycles. The summed E-state index contributed by atoms with van der Waals surface area (Å²) in [5.41, 5.74) is 1.20.